The van der Waals surface area contributed by atoms with Crippen molar-refractivity contribution in [2.24, 2.45) is 22.7 Å². The SMILES string of the molecule is CC1(C)C(C(=O)N[C@H]2CCC[C@H]2C#N)C1(C)C. The van der Waals surface area contributed by atoms with E-state index in [4.69, 9.17) is 5.26 Å². The zero-order valence-corrected chi connectivity index (χ0v) is 11.2. The van der Waals surface area contributed by atoms with Gasteiger partial charge in [0.1, 0.15) is 0 Å². The monoisotopic (exact) mass is 234 g/mol. The van der Waals surface area contributed by atoms with Crippen molar-refractivity contribution >= 4 is 5.91 Å². The van der Waals surface area contributed by atoms with Crippen LogP contribution in [0.15, 0.2) is 0 Å². The van der Waals surface area contributed by atoms with Crippen LogP contribution in [0, 0.1) is 34.0 Å². The molecule has 94 valence electrons. The van der Waals surface area contributed by atoms with Gasteiger partial charge in [0.05, 0.1) is 12.0 Å². The Labute approximate surface area is 104 Å². The van der Waals surface area contributed by atoms with Gasteiger partial charge in [-0.15, -0.1) is 0 Å². The van der Waals surface area contributed by atoms with Gasteiger partial charge >= 0.3 is 0 Å². The molecule has 2 aliphatic rings. The Morgan fingerprint density at radius 1 is 1.24 bits per heavy atom. The van der Waals surface area contributed by atoms with E-state index in [-0.39, 0.29) is 34.6 Å². The second kappa shape index (κ2) is 3.73. The third-order valence-corrected chi connectivity index (χ3v) is 5.29. The second-order valence-corrected chi connectivity index (χ2v) is 6.66. The predicted molar refractivity (Wildman–Crippen MR) is 65.9 cm³/mol. The summed E-state index contributed by atoms with van der Waals surface area (Å²) in [6, 6.07) is 2.39. The number of carbonyl (C=O) groups is 1. The maximum atomic E-state index is 12.2. The lowest BCUT2D eigenvalue weighted by Crippen LogP contribution is -2.39. The lowest BCUT2D eigenvalue weighted by atomic mass is 10.0. The van der Waals surface area contributed by atoms with Crippen molar-refractivity contribution in [1.29, 1.82) is 5.26 Å². The highest BCUT2D eigenvalue weighted by Gasteiger charge is 2.68. The summed E-state index contributed by atoms with van der Waals surface area (Å²) in [5.74, 6) is 0.256. The number of amides is 1. The molecule has 1 N–H and O–H groups in total. The second-order valence-electron chi connectivity index (χ2n) is 6.66. The quantitative estimate of drug-likeness (QED) is 0.798. The summed E-state index contributed by atoms with van der Waals surface area (Å²) in [5, 5.41) is 12.1. The molecule has 0 aromatic carbocycles. The fourth-order valence-corrected chi connectivity index (χ4v) is 3.41. The Kier molecular flexibility index (Phi) is 2.72. The Hall–Kier alpha value is -1.04. The third-order valence-electron chi connectivity index (χ3n) is 5.29. The van der Waals surface area contributed by atoms with Crippen LogP contribution in [0.25, 0.3) is 0 Å². The van der Waals surface area contributed by atoms with Crippen LogP contribution in [-0.2, 0) is 4.79 Å². The minimum atomic E-state index is 0.0175. The summed E-state index contributed by atoms with van der Waals surface area (Å²) in [5.41, 5.74) is 0.162. The highest BCUT2D eigenvalue weighted by molar-refractivity contribution is 5.84. The normalized spacial score (nSPS) is 34.1. The van der Waals surface area contributed by atoms with Crippen molar-refractivity contribution in [2.45, 2.75) is 53.0 Å². The molecule has 2 aliphatic carbocycles. The van der Waals surface area contributed by atoms with E-state index in [0.717, 1.165) is 19.3 Å². The topological polar surface area (TPSA) is 52.9 Å². The molecule has 3 nitrogen and oxygen atoms in total. The van der Waals surface area contributed by atoms with Crippen molar-refractivity contribution in [3.63, 3.8) is 0 Å². The van der Waals surface area contributed by atoms with Crippen molar-refractivity contribution in [3.05, 3.63) is 0 Å². The zero-order valence-electron chi connectivity index (χ0n) is 11.2. The van der Waals surface area contributed by atoms with Gasteiger partial charge in [-0.25, -0.2) is 0 Å². The maximum absolute atomic E-state index is 12.2. The van der Waals surface area contributed by atoms with Gasteiger partial charge in [0.15, 0.2) is 0 Å². The van der Waals surface area contributed by atoms with E-state index in [9.17, 15) is 4.79 Å². The molecule has 0 heterocycles. The molecule has 17 heavy (non-hydrogen) atoms. The maximum Gasteiger partial charge on any atom is 0.224 e. The van der Waals surface area contributed by atoms with Crippen LogP contribution in [0.4, 0.5) is 0 Å². The third kappa shape index (κ3) is 1.74. The average molecular weight is 234 g/mol. The minimum Gasteiger partial charge on any atom is -0.352 e. The summed E-state index contributed by atoms with van der Waals surface area (Å²) >= 11 is 0. The molecule has 0 spiro atoms. The van der Waals surface area contributed by atoms with Gasteiger partial charge < -0.3 is 5.32 Å². The van der Waals surface area contributed by atoms with Crippen molar-refractivity contribution in [3.8, 4) is 6.07 Å². The van der Waals surface area contributed by atoms with Crippen LogP contribution in [0.1, 0.15) is 47.0 Å². The molecule has 0 aliphatic heterocycles. The number of carbonyl (C=O) groups excluding carboxylic acids is 1. The molecule has 0 unspecified atom stereocenters. The Balaban J connectivity index is 1.98. The van der Waals surface area contributed by atoms with E-state index in [0.29, 0.717) is 0 Å². The van der Waals surface area contributed by atoms with E-state index < -0.39 is 0 Å². The molecule has 2 atom stereocenters. The summed E-state index contributed by atoms with van der Waals surface area (Å²) < 4.78 is 0. The summed E-state index contributed by atoms with van der Waals surface area (Å²) in [7, 11) is 0. The number of nitrogens with one attached hydrogen (secondary N) is 1. The first kappa shape index (κ1) is 12.4. The van der Waals surface area contributed by atoms with Gasteiger partial charge in [-0.05, 0) is 30.1 Å². The smallest absolute Gasteiger partial charge is 0.224 e. The lowest BCUT2D eigenvalue weighted by Gasteiger charge is -2.16. The van der Waals surface area contributed by atoms with Gasteiger partial charge in [0.2, 0.25) is 5.91 Å². The number of nitrogens with zero attached hydrogens (tertiary/aromatic N) is 1. The molecule has 3 heteroatoms. The van der Waals surface area contributed by atoms with E-state index in [1.165, 1.54) is 0 Å². The molecule has 2 fully saturated rings. The average Bonchev–Trinajstić information content (AvgIpc) is 2.57. The van der Waals surface area contributed by atoms with Gasteiger partial charge in [-0.2, -0.15) is 5.26 Å². The molecular formula is C14H22N2O. The summed E-state index contributed by atoms with van der Waals surface area (Å²) in [6.07, 6.45) is 2.94. The number of nitriles is 1. The standard InChI is InChI=1S/C14H22N2O/c1-13(2)11(14(13,3)4)12(17)16-10-7-5-6-9(10)8-15/h9-11H,5-7H2,1-4H3,(H,16,17)/t9-,10-/m0/s1. The zero-order chi connectivity index (χ0) is 12.8. The Morgan fingerprint density at radius 3 is 2.29 bits per heavy atom. The molecular weight excluding hydrogens is 212 g/mol. The molecule has 2 rings (SSSR count). The molecule has 1 amide bonds. The van der Waals surface area contributed by atoms with Crippen LogP contribution in [0.2, 0.25) is 0 Å². The molecule has 0 bridgehead atoms. The van der Waals surface area contributed by atoms with Gasteiger partial charge in [-0.1, -0.05) is 27.7 Å². The van der Waals surface area contributed by atoms with Crippen molar-refractivity contribution < 1.29 is 4.79 Å². The lowest BCUT2D eigenvalue weighted by molar-refractivity contribution is -0.124. The first-order chi connectivity index (χ1) is 7.82. The van der Waals surface area contributed by atoms with Crippen LogP contribution in [0.3, 0.4) is 0 Å². The van der Waals surface area contributed by atoms with E-state index in [1.54, 1.807) is 0 Å². The molecule has 0 aromatic rings. The first-order valence-electron chi connectivity index (χ1n) is 6.52. The largest absolute Gasteiger partial charge is 0.352 e. The summed E-state index contributed by atoms with van der Waals surface area (Å²) in [6.45, 7) is 8.59. The van der Waals surface area contributed by atoms with Gasteiger partial charge in [0, 0.05) is 12.0 Å². The highest BCUT2D eigenvalue weighted by Crippen LogP contribution is 2.68. The predicted octanol–water partition coefficient (Wildman–Crippen LogP) is 2.48. The Bertz CT molecular complexity index is 364. The molecule has 0 saturated heterocycles. The van der Waals surface area contributed by atoms with E-state index in [1.807, 2.05) is 0 Å². The Morgan fingerprint density at radius 2 is 1.82 bits per heavy atom. The van der Waals surface area contributed by atoms with E-state index >= 15 is 0 Å². The molecule has 2 saturated carbocycles. The minimum absolute atomic E-state index is 0.0175. The summed E-state index contributed by atoms with van der Waals surface area (Å²) in [4.78, 5) is 12.2. The van der Waals surface area contributed by atoms with Crippen LogP contribution < -0.4 is 5.32 Å². The fourth-order valence-electron chi connectivity index (χ4n) is 3.41. The number of hydrogen-bond donors (Lipinski definition) is 1. The number of rotatable bonds is 2. The van der Waals surface area contributed by atoms with Crippen LogP contribution >= 0.6 is 0 Å². The van der Waals surface area contributed by atoms with E-state index in [2.05, 4.69) is 39.1 Å². The van der Waals surface area contributed by atoms with Crippen molar-refractivity contribution in [2.75, 3.05) is 0 Å². The fraction of sp³-hybridized carbons (Fsp3) is 0.857. The molecule has 0 aromatic heterocycles. The molecule has 0 radical (unpaired) electrons. The number of hydrogen-bond acceptors (Lipinski definition) is 2. The van der Waals surface area contributed by atoms with Crippen LogP contribution in [0.5, 0.6) is 0 Å². The van der Waals surface area contributed by atoms with Crippen molar-refractivity contribution in [1.82, 2.24) is 5.32 Å². The highest BCUT2D eigenvalue weighted by atomic mass is 16.2. The van der Waals surface area contributed by atoms with Gasteiger partial charge in [0.25, 0.3) is 0 Å². The van der Waals surface area contributed by atoms with Gasteiger partial charge in [-0.3, -0.25) is 4.79 Å². The first-order valence-corrected chi connectivity index (χ1v) is 6.52. The van der Waals surface area contributed by atoms with Crippen LogP contribution in [-0.4, -0.2) is 11.9 Å².